The van der Waals surface area contributed by atoms with Crippen LogP contribution in [-0.2, 0) is 4.74 Å². The third-order valence-electron chi connectivity index (χ3n) is 4.33. The van der Waals surface area contributed by atoms with Gasteiger partial charge in [-0.15, -0.1) is 0 Å². The molecule has 20 heavy (non-hydrogen) atoms. The Balaban J connectivity index is 1.94. The van der Waals surface area contributed by atoms with Gasteiger partial charge >= 0.3 is 0 Å². The minimum absolute atomic E-state index is 0.0550. The SMILES string of the molecule is CC1=C(C)[C@@H](C2CC2)O[C@@H](c2ccncc2[N+](=O)[O-])C1. The maximum atomic E-state index is 11.1. The molecule has 0 aromatic carbocycles. The fourth-order valence-corrected chi connectivity index (χ4v) is 2.88. The Morgan fingerprint density at radius 1 is 1.40 bits per heavy atom. The maximum Gasteiger partial charge on any atom is 0.293 e. The van der Waals surface area contributed by atoms with Gasteiger partial charge in [-0.05, 0) is 50.7 Å². The first kappa shape index (κ1) is 13.2. The lowest BCUT2D eigenvalue weighted by atomic mass is 9.91. The number of hydrogen-bond acceptors (Lipinski definition) is 4. The van der Waals surface area contributed by atoms with Gasteiger partial charge in [0.05, 0.1) is 22.7 Å². The van der Waals surface area contributed by atoms with Crippen molar-refractivity contribution in [3.05, 3.63) is 45.3 Å². The molecule has 5 heteroatoms. The highest BCUT2D eigenvalue weighted by Crippen LogP contribution is 2.46. The Morgan fingerprint density at radius 3 is 2.80 bits per heavy atom. The average molecular weight is 274 g/mol. The van der Waals surface area contributed by atoms with Gasteiger partial charge < -0.3 is 4.74 Å². The summed E-state index contributed by atoms with van der Waals surface area (Å²) in [6.45, 7) is 4.22. The van der Waals surface area contributed by atoms with Gasteiger partial charge in [-0.3, -0.25) is 15.1 Å². The molecule has 0 unspecified atom stereocenters. The summed E-state index contributed by atoms with van der Waals surface area (Å²) in [6.07, 6.45) is 5.92. The lowest BCUT2D eigenvalue weighted by molar-refractivity contribution is -0.386. The summed E-state index contributed by atoms with van der Waals surface area (Å²) < 4.78 is 6.18. The number of pyridine rings is 1. The van der Waals surface area contributed by atoms with E-state index in [-0.39, 0.29) is 22.8 Å². The van der Waals surface area contributed by atoms with Crippen LogP contribution in [0.2, 0.25) is 0 Å². The molecule has 1 aromatic heterocycles. The summed E-state index contributed by atoms with van der Waals surface area (Å²) in [7, 11) is 0. The smallest absolute Gasteiger partial charge is 0.293 e. The van der Waals surface area contributed by atoms with E-state index < -0.39 is 0 Å². The zero-order chi connectivity index (χ0) is 14.3. The quantitative estimate of drug-likeness (QED) is 0.480. The monoisotopic (exact) mass is 274 g/mol. The van der Waals surface area contributed by atoms with Crippen LogP contribution >= 0.6 is 0 Å². The lowest BCUT2D eigenvalue weighted by Crippen LogP contribution is -2.26. The van der Waals surface area contributed by atoms with Gasteiger partial charge in [0, 0.05) is 6.20 Å². The van der Waals surface area contributed by atoms with Gasteiger partial charge in [0.1, 0.15) is 6.20 Å². The topological polar surface area (TPSA) is 65.3 Å². The van der Waals surface area contributed by atoms with Crippen molar-refractivity contribution in [2.75, 3.05) is 0 Å². The van der Waals surface area contributed by atoms with Crippen LogP contribution in [0.3, 0.4) is 0 Å². The highest BCUT2D eigenvalue weighted by molar-refractivity contribution is 5.40. The summed E-state index contributed by atoms with van der Waals surface area (Å²) in [5.74, 6) is 0.591. The van der Waals surface area contributed by atoms with E-state index in [0.717, 1.165) is 6.42 Å². The van der Waals surface area contributed by atoms with E-state index in [2.05, 4.69) is 18.8 Å². The van der Waals surface area contributed by atoms with Gasteiger partial charge in [0.25, 0.3) is 5.69 Å². The summed E-state index contributed by atoms with van der Waals surface area (Å²) in [5, 5.41) is 11.1. The van der Waals surface area contributed by atoms with Gasteiger partial charge in [-0.2, -0.15) is 0 Å². The molecule has 1 saturated carbocycles. The zero-order valence-corrected chi connectivity index (χ0v) is 11.7. The molecule has 2 atom stereocenters. The molecule has 1 aliphatic carbocycles. The molecule has 0 N–H and O–H groups in total. The predicted molar refractivity (Wildman–Crippen MR) is 74.2 cm³/mol. The lowest BCUT2D eigenvalue weighted by Gasteiger charge is -2.32. The van der Waals surface area contributed by atoms with Crippen molar-refractivity contribution in [1.29, 1.82) is 0 Å². The number of hydrogen-bond donors (Lipinski definition) is 0. The molecule has 1 aliphatic heterocycles. The van der Waals surface area contributed by atoms with Crippen LogP contribution in [-0.4, -0.2) is 16.0 Å². The minimum Gasteiger partial charge on any atom is -0.365 e. The van der Waals surface area contributed by atoms with Crippen LogP contribution in [0.25, 0.3) is 0 Å². The van der Waals surface area contributed by atoms with E-state index in [1.165, 1.54) is 30.2 Å². The minimum atomic E-state index is -0.377. The molecule has 3 rings (SSSR count). The number of nitrogens with zero attached hydrogens (tertiary/aromatic N) is 2. The second-order valence-electron chi connectivity index (χ2n) is 5.74. The summed E-state index contributed by atoms with van der Waals surface area (Å²) in [5.41, 5.74) is 3.30. The van der Waals surface area contributed by atoms with Crippen molar-refractivity contribution in [1.82, 2.24) is 4.98 Å². The second-order valence-corrected chi connectivity index (χ2v) is 5.74. The number of rotatable bonds is 3. The van der Waals surface area contributed by atoms with Gasteiger partial charge in [-0.1, -0.05) is 5.57 Å². The van der Waals surface area contributed by atoms with Crippen LogP contribution in [0.1, 0.15) is 44.8 Å². The fraction of sp³-hybridized carbons (Fsp3) is 0.533. The molecule has 0 bridgehead atoms. The molecular formula is C15H18N2O3. The first-order chi connectivity index (χ1) is 9.58. The first-order valence-electron chi connectivity index (χ1n) is 6.98. The maximum absolute atomic E-state index is 11.1. The van der Waals surface area contributed by atoms with Crippen LogP contribution in [0.15, 0.2) is 29.6 Å². The molecule has 2 aliphatic rings. The summed E-state index contributed by atoms with van der Waals surface area (Å²) in [6, 6.07) is 1.71. The molecule has 1 aromatic rings. The van der Waals surface area contributed by atoms with Crippen molar-refractivity contribution in [2.24, 2.45) is 5.92 Å². The molecule has 0 saturated heterocycles. The van der Waals surface area contributed by atoms with E-state index in [4.69, 9.17) is 4.74 Å². The van der Waals surface area contributed by atoms with Crippen molar-refractivity contribution in [3.8, 4) is 0 Å². The van der Waals surface area contributed by atoms with E-state index in [1.807, 2.05) is 0 Å². The van der Waals surface area contributed by atoms with E-state index in [9.17, 15) is 10.1 Å². The van der Waals surface area contributed by atoms with Crippen LogP contribution in [0.4, 0.5) is 5.69 Å². The Hall–Kier alpha value is -1.75. The van der Waals surface area contributed by atoms with Crippen molar-refractivity contribution in [2.45, 2.75) is 45.3 Å². The molecule has 1 fully saturated rings. The van der Waals surface area contributed by atoms with Gasteiger partial charge in [-0.25, -0.2) is 0 Å². The van der Waals surface area contributed by atoms with Gasteiger partial charge in [0.15, 0.2) is 0 Å². The van der Waals surface area contributed by atoms with E-state index >= 15 is 0 Å². The van der Waals surface area contributed by atoms with Crippen LogP contribution < -0.4 is 0 Å². The standard InChI is InChI=1S/C15H18N2O3/c1-9-7-14(20-15(10(9)2)11-3-4-11)12-5-6-16-8-13(12)17(18)19/h5-6,8,11,14-15H,3-4,7H2,1-2H3/t14-,15+/m1/s1. The summed E-state index contributed by atoms with van der Waals surface area (Å²) >= 11 is 0. The predicted octanol–water partition coefficient (Wildman–Crippen LogP) is 3.57. The normalized spacial score (nSPS) is 26.7. The fourth-order valence-electron chi connectivity index (χ4n) is 2.88. The third-order valence-corrected chi connectivity index (χ3v) is 4.33. The van der Waals surface area contributed by atoms with Crippen molar-refractivity contribution >= 4 is 5.69 Å². The Labute approximate surface area is 117 Å². The van der Waals surface area contributed by atoms with Crippen molar-refractivity contribution < 1.29 is 9.66 Å². The van der Waals surface area contributed by atoms with Gasteiger partial charge in [0.2, 0.25) is 0 Å². The molecule has 5 nitrogen and oxygen atoms in total. The van der Waals surface area contributed by atoms with Crippen LogP contribution in [0, 0.1) is 16.0 Å². The number of aromatic nitrogens is 1. The third kappa shape index (κ3) is 2.33. The Bertz CT molecular complexity index is 578. The molecule has 0 spiro atoms. The van der Waals surface area contributed by atoms with E-state index in [0.29, 0.717) is 11.5 Å². The van der Waals surface area contributed by atoms with E-state index in [1.54, 1.807) is 12.3 Å². The Kier molecular flexibility index (Phi) is 3.30. The number of nitro groups is 1. The largest absolute Gasteiger partial charge is 0.365 e. The highest BCUT2D eigenvalue weighted by Gasteiger charge is 2.39. The Morgan fingerprint density at radius 2 is 2.15 bits per heavy atom. The molecule has 0 radical (unpaired) electrons. The first-order valence-corrected chi connectivity index (χ1v) is 6.98. The number of ether oxygens (including phenoxy) is 1. The highest BCUT2D eigenvalue weighted by atomic mass is 16.6. The molecular weight excluding hydrogens is 256 g/mol. The zero-order valence-electron chi connectivity index (χ0n) is 11.7. The molecule has 0 amide bonds. The molecule has 2 heterocycles. The van der Waals surface area contributed by atoms with Crippen LogP contribution in [0.5, 0.6) is 0 Å². The second kappa shape index (κ2) is 4.98. The summed E-state index contributed by atoms with van der Waals surface area (Å²) in [4.78, 5) is 14.6. The molecule has 106 valence electrons. The van der Waals surface area contributed by atoms with Crippen molar-refractivity contribution in [3.63, 3.8) is 0 Å². The average Bonchev–Trinajstić information content (AvgIpc) is 3.26.